The van der Waals surface area contributed by atoms with Gasteiger partial charge in [0.2, 0.25) is 0 Å². The molecule has 1 aliphatic rings. The largest absolute Gasteiger partial charge is 0.488 e. The Hall–Kier alpha value is -4.01. The van der Waals surface area contributed by atoms with Gasteiger partial charge in [-0.05, 0) is 29.8 Å². The SMILES string of the molecule is Nc1c(-c2ccc(F)c3[nH]ncc23)c2cc(OC3CC(F)C3)c3ncccc3c2[nH]c1=O. The number of benzene rings is 2. The number of alkyl halides is 1. The fourth-order valence-corrected chi connectivity index (χ4v) is 4.37. The van der Waals surface area contributed by atoms with Crippen molar-refractivity contribution < 1.29 is 13.5 Å². The summed E-state index contributed by atoms with van der Waals surface area (Å²) in [4.78, 5) is 20.1. The van der Waals surface area contributed by atoms with E-state index in [1.54, 1.807) is 24.4 Å². The molecule has 3 heterocycles. The van der Waals surface area contributed by atoms with Crippen LogP contribution in [0.25, 0.3) is 43.8 Å². The Balaban J connectivity index is 1.71. The summed E-state index contributed by atoms with van der Waals surface area (Å²) in [6.07, 6.45) is 2.65. The number of fused-ring (bicyclic) bond motifs is 4. The van der Waals surface area contributed by atoms with E-state index in [1.165, 1.54) is 12.3 Å². The number of aromatic nitrogens is 4. The van der Waals surface area contributed by atoms with Crippen LogP contribution in [0.2, 0.25) is 0 Å². The Bertz CT molecular complexity index is 1590. The van der Waals surface area contributed by atoms with Crippen LogP contribution in [0, 0.1) is 5.82 Å². The average molecular weight is 433 g/mol. The lowest BCUT2D eigenvalue weighted by atomic mass is 9.93. The van der Waals surface area contributed by atoms with Gasteiger partial charge in [0.25, 0.3) is 5.56 Å². The van der Waals surface area contributed by atoms with Gasteiger partial charge in [0.05, 0.1) is 11.7 Å². The lowest BCUT2D eigenvalue weighted by Crippen LogP contribution is -2.35. The van der Waals surface area contributed by atoms with E-state index in [9.17, 15) is 13.6 Å². The molecule has 4 N–H and O–H groups in total. The van der Waals surface area contributed by atoms with Gasteiger partial charge >= 0.3 is 0 Å². The lowest BCUT2D eigenvalue weighted by Gasteiger charge is -2.30. The summed E-state index contributed by atoms with van der Waals surface area (Å²) in [7, 11) is 0. The molecule has 2 aromatic carbocycles. The minimum absolute atomic E-state index is 0.00624. The van der Waals surface area contributed by atoms with E-state index in [1.807, 2.05) is 6.07 Å². The zero-order valence-corrected chi connectivity index (χ0v) is 16.7. The van der Waals surface area contributed by atoms with Gasteiger partial charge in [-0.2, -0.15) is 5.10 Å². The van der Waals surface area contributed by atoms with Crippen molar-refractivity contribution in [1.29, 1.82) is 0 Å². The highest BCUT2D eigenvalue weighted by Crippen LogP contribution is 2.41. The predicted octanol–water partition coefficient (Wildman–Crippen LogP) is 4.22. The third-order valence-corrected chi connectivity index (χ3v) is 6.04. The monoisotopic (exact) mass is 433 g/mol. The second-order valence-corrected chi connectivity index (χ2v) is 8.00. The number of nitrogens with two attached hydrogens (primary N) is 1. The van der Waals surface area contributed by atoms with Crippen molar-refractivity contribution in [2.45, 2.75) is 25.1 Å². The molecule has 0 unspecified atom stereocenters. The number of pyridine rings is 2. The predicted molar refractivity (Wildman–Crippen MR) is 118 cm³/mol. The summed E-state index contributed by atoms with van der Waals surface area (Å²) < 4.78 is 33.7. The van der Waals surface area contributed by atoms with Crippen molar-refractivity contribution >= 4 is 38.4 Å². The fourth-order valence-electron chi connectivity index (χ4n) is 4.37. The number of nitrogen functional groups attached to an aromatic ring is 1. The van der Waals surface area contributed by atoms with Gasteiger partial charge in [0.1, 0.15) is 40.6 Å². The van der Waals surface area contributed by atoms with E-state index in [0.29, 0.717) is 56.9 Å². The summed E-state index contributed by atoms with van der Waals surface area (Å²) in [6, 6.07) is 8.22. The Morgan fingerprint density at radius 2 is 1.97 bits per heavy atom. The summed E-state index contributed by atoms with van der Waals surface area (Å²) in [5, 5.41) is 8.37. The van der Waals surface area contributed by atoms with Gasteiger partial charge in [-0.3, -0.25) is 14.9 Å². The Morgan fingerprint density at radius 1 is 1.12 bits per heavy atom. The van der Waals surface area contributed by atoms with Crippen molar-refractivity contribution in [1.82, 2.24) is 20.2 Å². The van der Waals surface area contributed by atoms with Gasteiger partial charge in [-0.15, -0.1) is 0 Å². The van der Waals surface area contributed by atoms with Crippen LogP contribution in [0.4, 0.5) is 14.5 Å². The van der Waals surface area contributed by atoms with Crippen molar-refractivity contribution in [3.8, 4) is 16.9 Å². The summed E-state index contributed by atoms with van der Waals surface area (Å²) >= 11 is 0. The second-order valence-electron chi connectivity index (χ2n) is 8.00. The van der Waals surface area contributed by atoms with Crippen LogP contribution < -0.4 is 16.0 Å². The fraction of sp³-hybridized carbons (Fsp3) is 0.174. The molecule has 3 aromatic heterocycles. The van der Waals surface area contributed by atoms with Crippen LogP contribution in [-0.4, -0.2) is 32.4 Å². The maximum absolute atomic E-state index is 14.3. The van der Waals surface area contributed by atoms with Gasteiger partial charge in [-0.25, -0.2) is 8.78 Å². The third kappa shape index (κ3) is 2.67. The topological polar surface area (TPSA) is 110 Å². The van der Waals surface area contributed by atoms with E-state index in [0.717, 1.165) is 0 Å². The first-order chi connectivity index (χ1) is 15.5. The summed E-state index contributed by atoms with van der Waals surface area (Å²) in [6.45, 7) is 0. The van der Waals surface area contributed by atoms with Gasteiger partial charge in [-0.1, -0.05) is 6.07 Å². The molecule has 160 valence electrons. The number of nitrogens with one attached hydrogen (secondary N) is 2. The third-order valence-electron chi connectivity index (χ3n) is 6.04. The molecule has 5 aromatic rings. The molecule has 0 atom stereocenters. The standard InChI is InChI=1S/C23H17F2N5O2/c24-10-6-11(7-10)32-17-8-14-18(12-3-4-16(25)21-15(12)9-28-30-21)19(26)23(31)29-20(14)13-2-1-5-27-22(13)17/h1-5,8-11H,6-7,26H2,(H,28,30)(H,29,31). The number of anilines is 1. The number of H-pyrrole nitrogens is 2. The first-order valence-electron chi connectivity index (χ1n) is 10.2. The molecule has 7 nitrogen and oxygen atoms in total. The van der Waals surface area contributed by atoms with Gasteiger partial charge in [0, 0.05) is 40.8 Å². The van der Waals surface area contributed by atoms with Crippen LogP contribution >= 0.6 is 0 Å². The molecule has 0 radical (unpaired) electrons. The average Bonchev–Trinajstić information content (AvgIpc) is 3.26. The normalized spacial score (nSPS) is 18.3. The Morgan fingerprint density at radius 3 is 2.78 bits per heavy atom. The van der Waals surface area contributed by atoms with E-state index in [2.05, 4.69) is 20.2 Å². The highest BCUT2D eigenvalue weighted by molar-refractivity contribution is 6.15. The number of hydrogen-bond acceptors (Lipinski definition) is 5. The van der Waals surface area contributed by atoms with Crippen molar-refractivity contribution in [3.05, 3.63) is 58.9 Å². The number of halogens is 2. The minimum Gasteiger partial charge on any atom is -0.488 e. The highest BCUT2D eigenvalue weighted by atomic mass is 19.1. The highest BCUT2D eigenvalue weighted by Gasteiger charge is 2.31. The van der Waals surface area contributed by atoms with Crippen LogP contribution in [0.3, 0.4) is 0 Å². The number of rotatable bonds is 3. The lowest BCUT2D eigenvalue weighted by molar-refractivity contribution is 0.0420. The zero-order valence-electron chi connectivity index (χ0n) is 16.7. The quantitative estimate of drug-likeness (QED) is 0.369. The molecule has 0 saturated heterocycles. The van der Waals surface area contributed by atoms with Crippen LogP contribution in [0.5, 0.6) is 5.75 Å². The molecule has 0 spiro atoms. The molecule has 9 heteroatoms. The van der Waals surface area contributed by atoms with Crippen molar-refractivity contribution in [2.75, 3.05) is 5.73 Å². The van der Waals surface area contributed by atoms with E-state index < -0.39 is 17.5 Å². The van der Waals surface area contributed by atoms with Crippen molar-refractivity contribution in [2.24, 2.45) is 0 Å². The first-order valence-corrected chi connectivity index (χ1v) is 10.2. The Kier molecular flexibility index (Phi) is 3.95. The number of ether oxygens (including phenoxy) is 1. The minimum atomic E-state index is -0.865. The van der Waals surface area contributed by atoms with E-state index >= 15 is 0 Å². The summed E-state index contributed by atoms with van der Waals surface area (Å²) in [5.74, 6) is 0.0154. The van der Waals surface area contributed by atoms with Crippen LogP contribution in [0.15, 0.2) is 47.5 Å². The molecule has 0 bridgehead atoms. The molecular weight excluding hydrogens is 416 g/mol. The van der Waals surface area contributed by atoms with Gasteiger partial charge < -0.3 is 15.5 Å². The number of nitrogens with zero attached hydrogens (tertiary/aromatic N) is 2. The maximum atomic E-state index is 14.3. The van der Waals surface area contributed by atoms with Gasteiger partial charge in [0.15, 0.2) is 0 Å². The molecule has 32 heavy (non-hydrogen) atoms. The summed E-state index contributed by atoms with van der Waals surface area (Å²) in [5.41, 5.74) is 8.10. The number of aromatic amines is 2. The van der Waals surface area contributed by atoms with Crippen LogP contribution in [0.1, 0.15) is 12.8 Å². The first kappa shape index (κ1) is 18.7. The van der Waals surface area contributed by atoms with Crippen LogP contribution in [-0.2, 0) is 0 Å². The molecule has 0 aliphatic heterocycles. The number of hydrogen-bond donors (Lipinski definition) is 3. The van der Waals surface area contributed by atoms with E-state index in [-0.39, 0.29) is 17.3 Å². The smallest absolute Gasteiger partial charge is 0.272 e. The zero-order chi connectivity index (χ0) is 22.0. The second kappa shape index (κ2) is 6.74. The maximum Gasteiger partial charge on any atom is 0.272 e. The molecule has 6 rings (SSSR count). The molecule has 1 fully saturated rings. The molecule has 1 aliphatic carbocycles. The molecular formula is C23H17F2N5O2. The molecule has 0 amide bonds. The van der Waals surface area contributed by atoms with E-state index in [4.69, 9.17) is 10.5 Å². The van der Waals surface area contributed by atoms with Crippen molar-refractivity contribution in [3.63, 3.8) is 0 Å². The molecule has 1 saturated carbocycles. The Labute approximate surface area is 179 Å².